The molecular weight excluding hydrogens is 459 g/mol. The number of pyridine rings is 1. The zero-order valence-electron chi connectivity index (χ0n) is 17.6. The van der Waals surface area contributed by atoms with Crippen LogP contribution < -0.4 is 9.46 Å². The van der Waals surface area contributed by atoms with Crippen LogP contribution in [0.15, 0.2) is 55.0 Å². The van der Waals surface area contributed by atoms with Gasteiger partial charge in [-0.1, -0.05) is 26.0 Å². The maximum absolute atomic E-state index is 14.0. The van der Waals surface area contributed by atoms with Crippen LogP contribution in [0.2, 0.25) is 0 Å². The number of hydrogen-bond acceptors (Lipinski definition) is 6. The Hall–Kier alpha value is -3.41. The van der Waals surface area contributed by atoms with Crippen LogP contribution in [0.4, 0.5) is 19.0 Å². The van der Waals surface area contributed by atoms with Gasteiger partial charge >= 0.3 is 6.18 Å². The number of benzene rings is 1. The van der Waals surface area contributed by atoms with Crippen LogP contribution in [0.25, 0.3) is 16.7 Å². The molecule has 12 heteroatoms. The van der Waals surface area contributed by atoms with Gasteiger partial charge in [-0.05, 0) is 30.2 Å². The average Bonchev–Trinajstić information content (AvgIpc) is 3.17. The van der Waals surface area contributed by atoms with Gasteiger partial charge in [-0.2, -0.15) is 13.2 Å². The van der Waals surface area contributed by atoms with Crippen LogP contribution in [0.1, 0.15) is 25.5 Å². The molecule has 0 aliphatic rings. The molecule has 0 fully saturated rings. The minimum absolute atomic E-state index is 0.209. The molecule has 8 nitrogen and oxygen atoms in total. The second-order valence-corrected chi connectivity index (χ2v) is 9.61. The molecule has 0 saturated heterocycles. The molecule has 4 aromatic rings. The number of aromatic nitrogens is 4. The third-order valence-electron chi connectivity index (χ3n) is 4.58. The quantitative estimate of drug-likeness (QED) is 0.423. The number of anilines is 1. The van der Waals surface area contributed by atoms with E-state index < -0.39 is 34.0 Å². The monoisotopic (exact) mass is 479 g/mol. The molecule has 1 aromatic carbocycles. The molecular formula is C21H20F3N5O3S. The summed E-state index contributed by atoms with van der Waals surface area (Å²) in [4.78, 5) is 12.3. The van der Waals surface area contributed by atoms with Crippen LogP contribution >= 0.6 is 0 Å². The Morgan fingerprint density at radius 1 is 1.09 bits per heavy atom. The zero-order valence-corrected chi connectivity index (χ0v) is 18.4. The zero-order chi connectivity index (χ0) is 23.8. The topological polar surface area (TPSA) is 98.5 Å². The van der Waals surface area contributed by atoms with E-state index in [1.807, 2.05) is 0 Å². The summed E-state index contributed by atoms with van der Waals surface area (Å²) >= 11 is 0. The largest absolute Gasteiger partial charge is 0.457 e. The molecule has 1 N–H and O–H groups in total. The van der Waals surface area contributed by atoms with E-state index in [9.17, 15) is 21.6 Å². The molecule has 0 bridgehead atoms. The number of nitrogens with one attached hydrogen (secondary N) is 1. The fraction of sp³-hybridized carbons (Fsp3) is 0.286. The minimum Gasteiger partial charge on any atom is -0.457 e. The second-order valence-electron chi connectivity index (χ2n) is 7.84. The molecule has 0 radical (unpaired) electrons. The van der Waals surface area contributed by atoms with Crippen molar-refractivity contribution in [2.45, 2.75) is 26.1 Å². The Kier molecular flexibility index (Phi) is 5.87. The molecule has 1 atom stereocenters. The van der Waals surface area contributed by atoms with Crippen molar-refractivity contribution in [2.75, 3.05) is 10.5 Å². The Labute approximate surface area is 187 Å². The van der Waals surface area contributed by atoms with E-state index in [1.165, 1.54) is 35.1 Å². The fourth-order valence-corrected chi connectivity index (χ4v) is 4.68. The van der Waals surface area contributed by atoms with E-state index in [1.54, 1.807) is 38.1 Å². The van der Waals surface area contributed by atoms with Gasteiger partial charge < -0.3 is 9.14 Å². The lowest BCUT2D eigenvalue weighted by Crippen LogP contribution is -2.28. The molecule has 3 heterocycles. The highest BCUT2D eigenvalue weighted by Crippen LogP contribution is 2.38. The Balaban J connectivity index is 1.80. The van der Waals surface area contributed by atoms with E-state index in [4.69, 9.17) is 4.74 Å². The summed E-state index contributed by atoms with van der Waals surface area (Å²) in [6, 6.07) is 9.08. The number of hydrogen-bond donors (Lipinski definition) is 1. The molecule has 33 heavy (non-hydrogen) atoms. The maximum atomic E-state index is 14.0. The lowest BCUT2D eigenvalue weighted by Gasteiger charge is -2.23. The standard InChI is InChI=1S/C21H20F3N5O3S/c1-13(2)12-33(30,31)28-19-20(27-16-6-4-3-5-15(16)26-19)32-18(21(22,23)24)14-7-8-17-25-9-10-29(17)11-14/h3-11,13,18H,12H2,1-2H3,(H,26,28). The van der Waals surface area contributed by atoms with Crippen molar-refractivity contribution in [3.63, 3.8) is 0 Å². The van der Waals surface area contributed by atoms with Crippen LogP contribution in [0, 0.1) is 5.92 Å². The summed E-state index contributed by atoms with van der Waals surface area (Å²) in [6.07, 6.45) is -3.03. The predicted octanol–water partition coefficient (Wildman–Crippen LogP) is 4.36. The number of ether oxygens (including phenoxy) is 1. The molecule has 0 saturated carbocycles. The molecule has 1 unspecified atom stereocenters. The molecule has 0 aliphatic carbocycles. The van der Waals surface area contributed by atoms with Gasteiger partial charge in [-0.15, -0.1) is 0 Å². The van der Waals surface area contributed by atoms with Crippen molar-refractivity contribution in [3.8, 4) is 5.88 Å². The van der Waals surface area contributed by atoms with Crippen molar-refractivity contribution < 1.29 is 26.3 Å². The first-order chi connectivity index (χ1) is 15.5. The highest BCUT2D eigenvalue weighted by atomic mass is 32.2. The third-order valence-corrected chi connectivity index (χ3v) is 6.19. The van der Waals surface area contributed by atoms with Crippen LogP contribution in [0.3, 0.4) is 0 Å². The highest BCUT2D eigenvalue weighted by Gasteiger charge is 2.44. The summed E-state index contributed by atoms with van der Waals surface area (Å²) in [6.45, 7) is 3.41. The van der Waals surface area contributed by atoms with Gasteiger partial charge in [0.2, 0.25) is 21.9 Å². The van der Waals surface area contributed by atoms with Gasteiger partial charge in [0.05, 0.1) is 16.8 Å². The first kappa shape index (κ1) is 22.8. The smallest absolute Gasteiger partial charge is 0.429 e. The van der Waals surface area contributed by atoms with Gasteiger partial charge in [-0.25, -0.2) is 23.4 Å². The van der Waals surface area contributed by atoms with Gasteiger partial charge in [0.25, 0.3) is 5.88 Å². The molecule has 0 spiro atoms. The normalized spacial score (nSPS) is 13.5. The lowest BCUT2D eigenvalue weighted by atomic mass is 10.1. The Morgan fingerprint density at radius 2 is 1.79 bits per heavy atom. The number of para-hydroxylation sites is 2. The first-order valence-corrected chi connectivity index (χ1v) is 11.6. The number of halogens is 3. The van der Waals surface area contributed by atoms with Crippen LogP contribution in [0.5, 0.6) is 5.88 Å². The van der Waals surface area contributed by atoms with Crippen molar-refractivity contribution in [2.24, 2.45) is 5.92 Å². The summed E-state index contributed by atoms with van der Waals surface area (Å²) in [5.74, 6) is -1.45. The van der Waals surface area contributed by atoms with E-state index in [2.05, 4.69) is 19.7 Å². The van der Waals surface area contributed by atoms with Gasteiger partial charge in [-0.3, -0.25) is 4.72 Å². The average molecular weight is 479 g/mol. The number of rotatable bonds is 7. The van der Waals surface area contributed by atoms with Gasteiger partial charge in [0, 0.05) is 24.2 Å². The van der Waals surface area contributed by atoms with Gasteiger partial charge in [0.1, 0.15) is 5.65 Å². The molecule has 0 aliphatic heterocycles. The van der Waals surface area contributed by atoms with Crippen LogP contribution in [-0.2, 0) is 10.0 Å². The lowest BCUT2D eigenvalue weighted by molar-refractivity contribution is -0.198. The number of sulfonamides is 1. The minimum atomic E-state index is -4.82. The molecule has 174 valence electrons. The molecule has 3 aromatic heterocycles. The Morgan fingerprint density at radius 3 is 2.45 bits per heavy atom. The summed E-state index contributed by atoms with van der Waals surface area (Å²) in [5, 5.41) is 0. The number of alkyl halides is 3. The predicted molar refractivity (Wildman–Crippen MR) is 116 cm³/mol. The number of fused-ring (bicyclic) bond motifs is 2. The maximum Gasteiger partial charge on any atom is 0.429 e. The van der Waals surface area contributed by atoms with Crippen LogP contribution in [-0.4, -0.2) is 39.7 Å². The third kappa shape index (κ3) is 5.16. The summed E-state index contributed by atoms with van der Waals surface area (Å²) in [7, 11) is -3.91. The number of nitrogens with zero attached hydrogens (tertiary/aromatic N) is 4. The second kappa shape index (κ2) is 8.50. The van der Waals surface area contributed by atoms with Crippen molar-refractivity contribution in [1.29, 1.82) is 0 Å². The van der Waals surface area contributed by atoms with Crippen molar-refractivity contribution in [3.05, 3.63) is 60.6 Å². The van der Waals surface area contributed by atoms with Crippen molar-refractivity contribution >= 4 is 32.5 Å². The van der Waals surface area contributed by atoms with Gasteiger partial charge in [0.15, 0.2) is 0 Å². The first-order valence-electron chi connectivity index (χ1n) is 9.95. The van der Waals surface area contributed by atoms with E-state index >= 15 is 0 Å². The summed E-state index contributed by atoms with van der Waals surface area (Å²) in [5.41, 5.74) is 0.812. The molecule has 4 rings (SSSR count). The fourth-order valence-electron chi connectivity index (χ4n) is 3.29. The van der Waals surface area contributed by atoms with Crippen molar-refractivity contribution in [1.82, 2.24) is 19.4 Å². The Bertz CT molecular complexity index is 1400. The van der Waals surface area contributed by atoms with E-state index in [-0.39, 0.29) is 22.8 Å². The number of imidazole rings is 1. The SMILES string of the molecule is CC(C)CS(=O)(=O)Nc1nc2ccccc2nc1OC(c1ccc2nccn2c1)C(F)(F)F. The molecule has 0 amide bonds. The van der Waals surface area contributed by atoms with E-state index in [0.29, 0.717) is 11.2 Å². The summed E-state index contributed by atoms with van der Waals surface area (Å²) < 4.78 is 76.1. The highest BCUT2D eigenvalue weighted by molar-refractivity contribution is 7.92. The van der Waals surface area contributed by atoms with E-state index in [0.717, 1.165) is 0 Å².